The maximum Gasteiger partial charge on any atom is 0.248 e. The van der Waals surface area contributed by atoms with Crippen LogP contribution in [0.5, 0.6) is 0 Å². The molecule has 3 aromatic carbocycles. The van der Waals surface area contributed by atoms with Crippen LogP contribution in [0, 0.1) is 0 Å². The molecule has 0 spiro atoms. The Kier molecular flexibility index (Phi) is 8.14. The monoisotopic (exact) mass is 433 g/mol. The Labute approximate surface area is 189 Å². The van der Waals surface area contributed by atoms with Crippen LogP contribution in [0.2, 0.25) is 0 Å². The van der Waals surface area contributed by atoms with Gasteiger partial charge in [-0.2, -0.15) is 0 Å². The van der Waals surface area contributed by atoms with E-state index >= 15 is 0 Å². The van der Waals surface area contributed by atoms with Gasteiger partial charge in [0.25, 0.3) is 0 Å². The Morgan fingerprint density at radius 2 is 1.25 bits per heavy atom. The fourth-order valence-electron chi connectivity index (χ4n) is 3.77. The van der Waals surface area contributed by atoms with E-state index in [1.54, 1.807) is 12.1 Å². The number of hydrogen-bond donors (Lipinski definition) is 5. The van der Waals surface area contributed by atoms with Gasteiger partial charge in [0.15, 0.2) is 0 Å². The Hall–Kier alpha value is -3.03. The first-order valence-electron chi connectivity index (χ1n) is 10.8. The maximum atomic E-state index is 11.5. The van der Waals surface area contributed by atoms with Gasteiger partial charge in [0.2, 0.25) is 5.91 Å². The van der Waals surface area contributed by atoms with E-state index in [1.165, 1.54) is 0 Å². The summed E-state index contributed by atoms with van der Waals surface area (Å²) in [4.78, 5) is 11.5. The number of aliphatic hydroxyl groups excluding tert-OH is 2. The fraction of sp³-hybridized carbons (Fsp3) is 0.269. The molecule has 6 N–H and O–H groups in total. The van der Waals surface area contributed by atoms with Crippen molar-refractivity contribution in [2.24, 2.45) is 5.73 Å². The molecule has 0 fully saturated rings. The molecule has 32 heavy (non-hydrogen) atoms. The van der Waals surface area contributed by atoms with E-state index in [-0.39, 0.29) is 0 Å². The molecule has 6 heteroatoms. The number of amides is 1. The number of rotatable bonds is 11. The molecular weight excluding hydrogens is 402 g/mol. The predicted octanol–water partition coefficient (Wildman–Crippen LogP) is 2.99. The summed E-state index contributed by atoms with van der Waals surface area (Å²) in [5.74, 6) is -0.487. The first-order chi connectivity index (χ1) is 15.4. The van der Waals surface area contributed by atoms with Gasteiger partial charge in [-0.1, -0.05) is 79.7 Å². The molecule has 2 atom stereocenters. The molecule has 168 valence electrons. The van der Waals surface area contributed by atoms with E-state index in [0.29, 0.717) is 25.1 Å². The number of aliphatic hydroxyl groups is 2. The van der Waals surface area contributed by atoms with Crippen LogP contribution in [-0.4, -0.2) is 29.2 Å². The van der Waals surface area contributed by atoms with Crippen molar-refractivity contribution in [3.05, 3.63) is 107 Å². The number of primary amides is 1. The van der Waals surface area contributed by atoms with Crippen LogP contribution in [0.15, 0.2) is 84.9 Å². The normalized spacial score (nSPS) is 15.0. The maximum absolute atomic E-state index is 11.5. The Morgan fingerprint density at radius 1 is 0.812 bits per heavy atom. The summed E-state index contributed by atoms with van der Waals surface area (Å²) in [7, 11) is 0. The van der Waals surface area contributed by atoms with Gasteiger partial charge in [-0.15, -0.1) is 0 Å². The molecule has 1 amide bonds. The second kappa shape index (κ2) is 11.0. The molecule has 0 saturated heterocycles. The zero-order chi connectivity index (χ0) is 23.0. The van der Waals surface area contributed by atoms with Crippen molar-refractivity contribution in [1.29, 1.82) is 0 Å². The molecule has 3 rings (SSSR count). The van der Waals surface area contributed by atoms with Crippen LogP contribution in [0.1, 0.15) is 52.6 Å². The molecule has 0 aliphatic carbocycles. The Bertz CT molecular complexity index is 929. The van der Waals surface area contributed by atoms with Gasteiger partial charge in [0, 0.05) is 18.7 Å². The lowest BCUT2D eigenvalue weighted by atomic mass is 9.93. The van der Waals surface area contributed by atoms with Crippen molar-refractivity contribution in [3.8, 4) is 0 Å². The number of carbonyl (C=O) groups is 1. The molecule has 2 unspecified atom stereocenters. The van der Waals surface area contributed by atoms with Gasteiger partial charge in [-0.05, 0) is 35.2 Å². The van der Waals surface area contributed by atoms with Crippen molar-refractivity contribution >= 4 is 5.91 Å². The summed E-state index contributed by atoms with van der Waals surface area (Å²) in [5, 5.41) is 28.3. The third kappa shape index (κ3) is 5.81. The zero-order valence-electron chi connectivity index (χ0n) is 18.2. The van der Waals surface area contributed by atoms with Gasteiger partial charge < -0.3 is 15.9 Å². The number of nitrogens with one attached hydrogen (secondary N) is 2. The van der Waals surface area contributed by atoms with E-state index in [1.807, 2.05) is 79.7 Å². The summed E-state index contributed by atoms with van der Waals surface area (Å²) in [6.07, 6.45) is -0.771. The van der Waals surface area contributed by atoms with Crippen LogP contribution in [0.3, 0.4) is 0 Å². The largest absolute Gasteiger partial charge is 0.387 e. The third-order valence-electron chi connectivity index (χ3n) is 5.76. The van der Waals surface area contributed by atoms with Crippen LogP contribution >= 0.6 is 0 Å². The quantitative estimate of drug-likeness (QED) is 0.299. The average molecular weight is 434 g/mol. The smallest absolute Gasteiger partial charge is 0.248 e. The second-order valence-corrected chi connectivity index (χ2v) is 7.82. The lowest BCUT2D eigenvalue weighted by molar-refractivity contribution is 0.1000. The van der Waals surface area contributed by atoms with E-state index in [0.717, 1.165) is 16.7 Å². The zero-order valence-corrected chi connectivity index (χ0v) is 18.2. The SMILES string of the molecule is CCC(NCC(O)c1ccccc1)(NCC(O)c1ccccc1)c1ccc(C(N)=O)cc1. The van der Waals surface area contributed by atoms with Gasteiger partial charge >= 0.3 is 0 Å². The molecular formula is C26H31N3O3. The molecule has 6 nitrogen and oxygen atoms in total. The highest BCUT2D eigenvalue weighted by Crippen LogP contribution is 2.25. The van der Waals surface area contributed by atoms with Crippen LogP contribution in [0.4, 0.5) is 0 Å². The molecule has 0 aliphatic rings. The molecule has 0 bridgehead atoms. The summed E-state index contributed by atoms with van der Waals surface area (Å²) < 4.78 is 0. The van der Waals surface area contributed by atoms with Crippen molar-refractivity contribution in [2.75, 3.05) is 13.1 Å². The lowest BCUT2D eigenvalue weighted by Crippen LogP contribution is -2.55. The summed E-state index contributed by atoms with van der Waals surface area (Å²) in [6, 6.07) is 26.0. The van der Waals surface area contributed by atoms with E-state index in [9.17, 15) is 15.0 Å². The third-order valence-corrected chi connectivity index (χ3v) is 5.76. The second-order valence-electron chi connectivity index (χ2n) is 7.82. The highest BCUT2D eigenvalue weighted by atomic mass is 16.3. The minimum absolute atomic E-state index is 0.295. The summed E-state index contributed by atoms with van der Waals surface area (Å²) in [6.45, 7) is 2.61. The first-order valence-corrected chi connectivity index (χ1v) is 10.8. The van der Waals surface area contributed by atoms with Crippen LogP contribution in [-0.2, 0) is 5.66 Å². The van der Waals surface area contributed by atoms with E-state index in [2.05, 4.69) is 10.6 Å². The molecule has 0 aromatic heterocycles. The fourth-order valence-corrected chi connectivity index (χ4v) is 3.77. The van der Waals surface area contributed by atoms with Crippen molar-refractivity contribution in [2.45, 2.75) is 31.2 Å². The van der Waals surface area contributed by atoms with Crippen LogP contribution < -0.4 is 16.4 Å². The Balaban J connectivity index is 1.83. The molecule has 3 aromatic rings. The highest BCUT2D eigenvalue weighted by molar-refractivity contribution is 5.92. The van der Waals surface area contributed by atoms with Gasteiger partial charge in [-0.3, -0.25) is 15.4 Å². The molecule has 0 aliphatic heterocycles. The lowest BCUT2D eigenvalue weighted by Gasteiger charge is -2.37. The standard InChI is InChI=1S/C26H31N3O3/c1-2-26(22-15-13-21(14-16-22)25(27)32,28-17-23(30)19-9-5-3-6-10-19)29-18-24(31)20-11-7-4-8-12-20/h3-16,23-24,28-31H,2,17-18H2,1H3,(H2,27,32). The van der Waals surface area contributed by atoms with Crippen molar-refractivity contribution in [3.63, 3.8) is 0 Å². The highest BCUT2D eigenvalue weighted by Gasteiger charge is 2.31. The number of benzene rings is 3. The minimum Gasteiger partial charge on any atom is -0.387 e. The van der Waals surface area contributed by atoms with Gasteiger partial charge in [-0.25, -0.2) is 0 Å². The molecule has 0 saturated carbocycles. The van der Waals surface area contributed by atoms with Gasteiger partial charge in [0.05, 0.1) is 17.9 Å². The first kappa shape index (κ1) is 23.6. The molecule has 0 heterocycles. The van der Waals surface area contributed by atoms with E-state index < -0.39 is 23.8 Å². The summed E-state index contributed by atoms with van der Waals surface area (Å²) >= 11 is 0. The van der Waals surface area contributed by atoms with Crippen LogP contribution in [0.25, 0.3) is 0 Å². The topological polar surface area (TPSA) is 108 Å². The Morgan fingerprint density at radius 3 is 1.62 bits per heavy atom. The van der Waals surface area contributed by atoms with Crippen molar-refractivity contribution in [1.82, 2.24) is 10.6 Å². The average Bonchev–Trinajstić information content (AvgIpc) is 2.85. The number of nitrogens with two attached hydrogens (primary N) is 1. The number of carbonyl (C=O) groups excluding carboxylic acids is 1. The van der Waals surface area contributed by atoms with Crippen molar-refractivity contribution < 1.29 is 15.0 Å². The minimum atomic E-state index is -0.734. The number of hydrogen-bond acceptors (Lipinski definition) is 5. The van der Waals surface area contributed by atoms with E-state index in [4.69, 9.17) is 5.73 Å². The van der Waals surface area contributed by atoms with Gasteiger partial charge in [0.1, 0.15) is 0 Å². The predicted molar refractivity (Wildman–Crippen MR) is 126 cm³/mol. The summed E-state index contributed by atoms with van der Waals surface area (Å²) in [5.41, 5.74) is 7.60. The molecule has 0 radical (unpaired) electrons.